The summed E-state index contributed by atoms with van der Waals surface area (Å²) in [5.74, 6) is -2.05. The van der Waals surface area contributed by atoms with Crippen molar-refractivity contribution in [3.05, 3.63) is 106 Å². The van der Waals surface area contributed by atoms with Gasteiger partial charge in [0.25, 0.3) is 56.1 Å². The molecule has 0 aliphatic carbocycles. The Balaban J connectivity index is 0.815. The first-order valence-corrected chi connectivity index (χ1v) is 49.5. The number of rotatable bonds is 42. The van der Waals surface area contributed by atoms with E-state index in [0.717, 1.165) is 18.5 Å². The van der Waals surface area contributed by atoms with Gasteiger partial charge in [0.05, 0.1) is 52.4 Å². The number of nitrogens with zero attached hydrogens (tertiary/aromatic N) is 5. The largest absolute Gasteiger partial charge is 0.490 e. The SMILES string of the molecule is CC1(C)C(C=CC=CC=C2N(CCCS(=O)(=O)O)c3ccc(S(=O)(=O)O)cc3C2(C)CCCCCC(=O)NCCCCCCOP(=O)(O)OP(=O)(O)OP(=O)(O)OP(=O)(O)OP(=O)(O)OP(=O)(O)OC[C@H]2O[C@@H](n3cnc4c(=O)[nH]c(N)nc43)C[C@@H]2O)=[N+](CCCS(=O)(=O)O)c2ccc3c(S(=O)(=O)O)cc(S(=O)(=O)O)cc3c21. The highest BCUT2D eigenvalue weighted by Gasteiger charge is 2.52. The number of unbranched alkanes of at least 4 members (excludes halogenated alkanes) is 5. The van der Waals surface area contributed by atoms with Gasteiger partial charge in [-0.25, -0.2) is 32.4 Å². The zero-order valence-electron chi connectivity index (χ0n) is 59.2. The van der Waals surface area contributed by atoms with Gasteiger partial charge in [-0.3, -0.25) is 51.0 Å². The Labute approximate surface area is 644 Å². The number of allylic oxidation sites excluding steroid dienone is 6. The molecule has 16 N–H and O–H groups in total. The molecule has 0 saturated carbocycles. The van der Waals surface area contributed by atoms with Gasteiger partial charge in [0, 0.05) is 72.2 Å². The second-order valence-electron chi connectivity index (χ2n) is 26.2. The minimum atomic E-state index is -6.60. The summed E-state index contributed by atoms with van der Waals surface area (Å²) < 4.78 is 284. The van der Waals surface area contributed by atoms with Crippen LogP contribution in [0.3, 0.4) is 0 Å². The number of carbonyl (C=O) groups is 1. The van der Waals surface area contributed by atoms with Crippen LogP contribution in [0.5, 0.6) is 0 Å². The van der Waals surface area contributed by atoms with Crippen molar-refractivity contribution in [2.75, 3.05) is 55.0 Å². The van der Waals surface area contributed by atoms with E-state index in [2.05, 4.69) is 50.9 Å². The van der Waals surface area contributed by atoms with Crippen LogP contribution >= 0.6 is 46.9 Å². The average Bonchev–Trinajstić information content (AvgIpc) is 1.57. The zero-order valence-corrected chi connectivity index (χ0v) is 68.6. The number of H-pyrrole nitrogens is 1. The maximum Gasteiger partial charge on any atom is 0.490 e. The second-order valence-corrected chi connectivity index (χ2v) is 43.0. The summed E-state index contributed by atoms with van der Waals surface area (Å²) in [6.07, 6.45) is 6.45. The number of aliphatic hydroxyl groups excluding tert-OH is 1. The monoisotopic (exact) mass is 1820 g/mol. The van der Waals surface area contributed by atoms with E-state index in [4.69, 9.17) is 10.5 Å². The van der Waals surface area contributed by atoms with Crippen molar-refractivity contribution < 1.29 is 171 Å². The molecule has 8 rings (SSSR count). The van der Waals surface area contributed by atoms with Gasteiger partial charge in [-0.2, -0.15) is 73.2 Å². The molecule has 1 amide bonds. The van der Waals surface area contributed by atoms with Gasteiger partial charge < -0.3 is 55.2 Å². The van der Waals surface area contributed by atoms with Crippen LogP contribution in [0.25, 0.3) is 21.9 Å². The zero-order chi connectivity index (χ0) is 84.3. The van der Waals surface area contributed by atoms with Crippen molar-refractivity contribution in [3.63, 3.8) is 0 Å². The molecule has 630 valence electrons. The van der Waals surface area contributed by atoms with E-state index in [1.54, 1.807) is 60.6 Å². The lowest BCUT2D eigenvalue weighted by molar-refractivity contribution is -0.437. The lowest BCUT2D eigenvalue weighted by atomic mass is 9.77. The Morgan fingerprint density at radius 3 is 1.88 bits per heavy atom. The van der Waals surface area contributed by atoms with Gasteiger partial charge in [0.15, 0.2) is 16.9 Å². The number of nitrogens with one attached hydrogen (secondary N) is 2. The first-order chi connectivity index (χ1) is 51.8. The molecule has 57 heteroatoms. The van der Waals surface area contributed by atoms with E-state index < -0.39 is 172 Å². The first-order valence-electron chi connectivity index (χ1n) is 33.0. The van der Waals surface area contributed by atoms with E-state index in [1.807, 2.05) is 0 Å². The molecule has 3 aliphatic rings. The number of aliphatic hydroxyl groups is 1. The van der Waals surface area contributed by atoms with Gasteiger partial charge in [-0.05, 0) is 106 Å². The predicted octanol–water partition coefficient (Wildman–Crippen LogP) is 6.00. The number of ether oxygens (including phenoxy) is 1. The van der Waals surface area contributed by atoms with E-state index in [-0.39, 0.29) is 98.4 Å². The van der Waals surface area contributed by atoms with Crippen LogP contribution in [-0.4, -0.2) is 192 Å². The van der Waals surface area contributed by atoms with Crippen molar-refractivity contribution in [1.82, 2.24) is 24.8 Å². The molecular weight excluding hydrogens is 1740 g/mol. The predicted molar refractivity (Wildman–Crippen MR) is 394 cm³/mol. The lowest BCUT2D eigenvalue weighted by Gasteiger charge is -2.30. The fourth-order valence-electron chi connectivity index (χ4n) is 12.7. The highest BCUT2D eigenvalue weighted by Crippen LogP contribution is 2.75. The third-order valence-electron chi connectivity index (χ3n) is 17.4. The number of hydrogen-bond acceptors (Lipinski definition) is 31. The van der Waals surface area contributed by atoms with E-state index in [9.17, 15) is 136 Å². The number of nitrogen functional groups attached to an aromatic ring is 1. The second kappa shape index (κ2) is 35.6. The summed E-state index contributed by atoms with van der Waals surface area (Å²) in [4.78, 5) is 94.4. The van der Waals surface area contributed by atoms with Crippen LogP contribution in [0.15, 0.2) is 104 Å². The summed E-state index contributed by atoms with van der Waals surface area (Å²) in [6.45, 7) is 3.31. The van der Waals surface area contributed by atoms with Crippen molar-refractivity contribution in [2.24, 2.45) is 0 Å². The number of aromatic nitrogens is 4. The molecule has 5 aromatic rings. The summed E-state index contributed by atoms with van der Waals surface area (Å²) in [7, 11) is -61.6. The average molecular weight is 1820 g/mol. The van der Waals surface area contributed by atoms with E-state index in [0.29, 0.717) is 72.1 Å². The van der Waals surface area contributed by atoms with Gasteiger partial charge in [0.1, 0.15) is 23.8 Å². The first kappa shape index (κ1) is 93.1. The number of imidazole rings is 1. The summed E-state index contributed by atoms with van der Waals surface area (Å²) in [6, 6.07) is 8.20. The van der Waals surface area contributed by atoms with Crippen LogP contribution in [-0.2, 0) is 129 Å². The number of phosphoric acid groups is 6. The molecular formula is C56H79N8O38P6S5+. The molecule has 46 nitrogen and oxygen atoms in total. The van der Waals surface area contributed by atoms with Crippen molar-refractivity contribution in [1.29, 1.82) is 0 Å². The molecule has 2 aromatic heterocycles. The number of anilines is 2. The standard InChI is InChI=1S/C56H78N8O38P6S5/c1-55(2)46(63(26-15-29-110(83,84)85)42-22-20-38-39(50(42)55)30-37(112(89,90)91)32-45(38)113(92,93)94)16-8-6-9-17-47-56(3,40-31-36(111(86,87)88)19-21-41(40)62(47)25-14-28-109(80,81)82)23-11-7-10-18-48(66)58-24-12-4-5-13-27-95-103(68,69)98-105(72,73)100-107(76,77)102-108(78,79)101-106(74,75)99-104(70,71)96-34-44-43(65)33-49(97-44)64-35-59-51-52(64)60-54(57)61-53(51)67/h6,8-9,16-17,19-22,30-32,35,43-44,49,65H,4-5,7,10-15,18,23-29,33-34H2,1-3H3,(H14-,57,58,60,61,66,67,68,69,70,71,72,73,74,75,76,77,78,79,80,81,82,83,84,85,86,87,88,89,90,91,92,93,94)/p+1/t43-,44+,49+,56?/m0/s1. The van der Waals surface area contributed by atoms with Crippen LogP contribution in [0.2, 0.25) is 0 Å². The quantitative estimate of drug-likeness (QED) is 0.00700. The number of phosphoric ester groups is 2. The summed E-state index contributed by atoms with van der Waals surface area (Å²) >= 11 is 0. The minimum Gasteiger partial charge on any atom is -0.390 e. The number of carbonyl (C=O) groups excluding carboxylic acids is 1. The highest BCUT2D eigenvalue weighted by molar-refractivity contribution is 7.87. The van der Waals surface area contributed by atoms with Gasteiger partial charge >= 0.3 is 46.9 Å². The van der Waals surface area contributed by atoms with Crippen LogP contribution in [0.4, 0.5) is 17.3 Å². The Kier molecular flexibility index (Phi) is 29.3. The number of fused-ring (bicyclic) bond motifs is 5. The van der Waals surface area contributed by atoms with Crippen LogP contribution in [0.1, 0.15) is 115 Å². The van der Waals surface area contributed by atoms with E-state index in [1.165, 1.54) is 28.8 Å². The Bertz CT molecular complexity index is 5630. The maximum absolute atomic E-state index is 13.0. The normalized spacial score (nSPS) is 22.0. The minimum absolute atomic E-state index is 0.0169. The topological polar surface area (TPSA) is 715 Å². The molecule has 0 bridgehead atoms. The summed E-state index contributed by atoms with van der Waals surface area (Å²) in [5.41, 5.74) is 4.59. The number of nitrogens with two attached hydrogens (primary N) is 1. The Hall–Kier alpha value is -5.44. The molecule has 5 heterocycles. The van der Waals surface area contributed by atoms with Gasteiger partial charge in [-0.15, -0.1) is 0 Å². The van der Waals surface area contributed by atoms with Crippen LogP contribution in [0, 0.1) is 0 Å². The molecule has 113 heavy (non-hydrogen) atoms. The van der Waals surface area contributed by atoms with Crippen molar-refractivity contribution >= 4 is 148 Å². The molecule has 0 radical (unpaired) electrons. The number of amides is 1. The third kappa shape index (κ3) is 25.3. The summed E-state index contributed by atoms with van der Waals surface area (Å²) in [5, 5.41) is 13.1. The van der Waals surface area contributed by atoms with Crippen molar-refractivity contribution in [2.45, 2.75) is 142 Å². The third-order valence-corrected chi connectivity index (χ3v) is 30.8. The molecule has 1 fully saturated rings. The molecule has 7 unspecified atom stereocenters. The fourth-order valence-corrected chi connectivity index (χ4v) is 23.4. The molecule has 3 aliphatic heterocycles. The van der Waals surface area contributed by atoms with E-state index >= 15 is 0 Å². The van der Waals surface area contributed by atoms with Gasteiger partial charge in [0.2, 0.25) is 17.5 Å². The van der Waals surface area contributed by atoms with Gasteiger partial charge in [-0.1, -0.05) is 43.9 Å². The molecule has 0 spiro atoms. The Morgan fingerprint density at radius 1 is 0.690 bits per heavy atom. The highest BCUT2D eigenvalue weighted by atomic mass is 32.2. The lowest BCUT2D eigenvalue weighted by Crippen LogP contribution is -2.30. The smallest absolute Gasteiger partial charge is 0.390 e. The number of hydrogen-bond donors (Lipinski definition) is 15. The van der Waals surface area contributed by atoms with Crippen LogP contribution < -0.4 is 21.5 Å². The molecule has 1 saturated heterocycles. The number of aromatic amines is 1. The molecule has 10 atom stereocenters. The molecule has 3 aromatic carbocycles. The Morgan fingerprint density at radius 2 is 1.27 bits per heavy atom. The fraction of sp³-hybridized carbons (Fsp3) is 0.482. The maximum atomic E-state index is 13.0. The number of benzene rings is 3. The van der Waals surface area contributed by atoms with Crippen molar-refractivity contribution in [3.8, 4) is 0 Å².